The Labute approximate surface area is 196 Å². The highest BCUT2D eigenvalue weighted by Crippen LogP contribution is 2.39. The van der Waals surface area contributed by atoms with Crippen molar-refractivity contribution in [2.24, 2.45) is 4.99 Å². The Bertz CT molecular complexity index is 993. The number of benzene rings is 1. The molecule has 2 N–H and O–H groups in total. The van der Waals surface area contributed by atoms with Crippen molar-refractivity contribution in [1.29, 1.82) is 0 Å². The maximum Gasteiger partial charge on any atom is 0.422 e. The molecular formula is C22H34N4O6S. The molecule has 1 saturated heterocycles. The van der Waals surface area contributed by atoms with Gasteiger partial charge < -0.3 is 19.1 Å². The first-order valence-electron chi connectivity index (χ1n) is 10.6. The van der Waals surface area contributed by atoms with Gasteiger partial charge in [0.1, 0.15) is 5.60 Å². The summed E-state index contributed by atoms with van der Waals surface area (Å²) in [6.45, 7) is 11.8. The van der Waals surface area contributed by atoms with Gasteiger partial charge in [-0.3, -0.25) is 4.99 Å². The fraction of sp³-hybridized carbons (Fsp3) is 0.545. The third-order valence-electron chi connectivity index (χ3n) is 5.00. The Hall–Kier alpha value is -2.79. The van der Waals surface area contributed by atoms with Crippen molar-refractivity contribution in [2.75, 3.05) is 27.3 Å². The SMILES string of the molecule is C=Nc1cc(OC)c(OC)cc1/C(=C\C)N1CCC(NS(=O)(=O)NC(=O)OC(C)(C)C)CC1. The van der Waals surface area contributed by atoms with E-state index in [1.807, 2.05) is 23.8 Å². The number of nitrogens with one attached hydrogen (secondary N) is 2. The van der Waals surface area contributed by atoms with E-state index in [0.29, 0.717) is 43.1 Å². The van der Waals surface area contributed by atoms with Gasteiger partial charge in [-0.2, -0.15) is 13.1 Å². The summed E-state index contributed by atoms with van der Waals surface area (Å²) in [5.41, 5.74) is 1.64. The Balaban J connectivity index is 2.08. The number of amides is 1. The van der Waals surface area contributed by atoms with E-state index in [1.54, 1.807) is 41.1 Å². The minimum Gasteiger partial charge on any atom is -0.493 e. The standard InChI is InChI=1S/C22H34N4O6S/c1-8-18(16-13-19(30-6)20(31-7)14-17(16)23-5)26-11-9-15(10-12-26)24-33(28,29)25-21(27)32-22(2,3)4/h8,13-15,24H,5,9-12H2,1-4,6-7H3,(H,25,27)/b18-8+. The van der Waals surface area contributed by atoms with E-state index in [1.165, 1.54) is 0 Å². The van der Waals surface area contributed by atoms with Gasteiger partial charge in [-0.25, -0.2) is 9.52 Å². The number of piperidine rings is 1. The van der Waals surface area contributed by atoms with Crippen LogP contribution in [0.15, 0.2) is 23.2 Å². The molecule has 0 aromatic heterocycles. The van der Waals surface area contributed by atoms with Crippen LogP contribution in [0.4, 0.5) is 10.5 Å². The minimum absolute atomic E-state index is 0.318. The van der Waals surface area contributed by atoms with E-state index in [-0.39, 0.29) is 6.04 Å². The van der Waals surface area contributed by atoms with Gasteiger partial charge in [0, 0.05) is 36.5 Å². The van der Waals surface area contributed by atoms with Crippen LogP contribution in [0.1, 0.15) is 46.1 Å². The molecule has 0 aliphatic carbocycles. The lowest BCUT2D eigenvalue weighted by Gasteiger charge is -2.35. The van der Waals surface area contributed by atoms with Crippen LogP contribution in [0.5, 0.6) is 11.5 Å². The average molecular weight is 483 g/mol. The van der Waals surface area contributed by atoms with Crippen LogP contribution in [-0.4, -0.2) is 65.1 Å². The van der Waals surface area contributed by atoms with Crippen molar-refractivity contribution in [3.05, 3.63) is 23.8 Å². The highest BCUT2D eigenvalue weighted by atomic mass is 32.2. The number of hydrogen-bond acceptors (Lipinski definition) is 8. The largest absolute Gasteiger partial charge is 0.493 e. The predicted octanol–water partition coefficient (Wildman–Crippen LogP) is 3.22. The van der Waals surface area contributed by atoms with Gasteiger partial charge in [-0.15, -0.1) is 0 Å². The second kappa shape index (κ2) is 10.9. The van der Waals surface area contributed by atoms with E-state index in [0.717, 1.165) is 11.3 Å². The minimum atomic E-state index is -4.04. The second-order valence-electron chi connectivity index (χ2n) is 8.54. The molecule has 0 atom stereocenters. The zero-order valence-electron chi connectivity index (χ0n) is 20.1. The number of carbonyl (C=O) groups excluding carboxylic acids is 1. The Morgan fingerprint density at radius 3 is 2.24 bits per heavy atom. The summed E-state index contributed by atoms with van der Waals surface area (Å²) in [6, 6.07) is 3.31. The molecule has 1 aromatic rings. The monoisotopic (exact) mass is 482 g/mol. The van der Waals surface area contributed by atoms with Crippen LogP contribution < -0.4 is 18.9 Å². The van der Waals surface area contributed by atoms with Crippen LogP contribution in [0.25, 0.3) is 5.70 Å². The molecule has 0 saturated carbocycles. The van der Waals surface area contributed by atoms with Gasteiger partial charge in [0.15, 0.2) is 11.5 Å². The van der Waals surface area contributed by atoms with Gasteiger partial charge in [-0.05, 0) is 53.3 Å². The lowest BCUT2D eigenvalue weighted by atomic mass is 10.0. The number of carbonyl (C=O) groups is 1. The average Bonchev–Trinajstić information content (AvgIpc) is 2.72. The van der Waals surface area contributed by atoms with Crippen LogP contribution >= 0.6 is 0 Å². The Morgan fingerprint density at radius 2 is 1.76 bits per heavy atom. The highest BCUT2D eigenvalue weighted by Gasteiger charge is 2.28. The normalized spacial score (nSPS) is 15.7. The summed E-state index contributed by atoms with van der Waals surface area (Å²) >= 11 is 0. The molecule has 1 fully saturated rings. The van der Waals surface area contributed by atoms with Gasteiger partial charge in [-0.1, -0.05) is 6.08 Å². The van der Waals surface area contributed by atoms with Crippen molar-refractivity contribution in [1.82, 2.24) is 14.3 Å². The maximum atomic E-state index is 12.3. The molecule has 0 spiro atoms. The van der Waals surface area contributed by atoms with Crippen molar-refractivity contribution in [3.8, 4) is 11.5 Å². The molecule has 1 amide bonds. The van der Waals surface area contributed by atoms with Crippen molar-refractivity contribution in [2.45, 2.75) is 52.2 Å². The number of allylic oxidation sites excluding steroid dienone is 1. The summed E-state index contributed by atoms with van der Waals surface area (Å²) in [7, 11) is -0.907. The number of methoxy groups -OCH3 is 2. The Kier molecular flexibility index (Phi) is 8.73. The lowest BCUT2D eigenvalue weighted by molar-refractivity contribution is 0.0569. The summed E-state index contributed by atoms with van der Waals surface area (Å²) in [6.07, 6.45) is 2.07. The fourth-order valence-electron chi connectivity index (χ4n) is 3.61. The third kappa shape index (κ3) is 7.36. The molecule has 0 radical (unpaired) electrons. The number of aliphatic imine (C=N–C) groups is 1. The molecule has 10 nitrogen and oxygen atoms in total. The molecule has 184 valence electrons. The molecule has 2 rings (SSSR count). The number of rotatable bonds is 8. The number of hydrogen-bond donors (Lipinski definition) is 2. The molecular weight excluding hydrogens is 448 g/mol. The predicted molar refractivity (Wildman–Crippen MR) is 128 cm³/mol. The van der Waals surface area contributed by atoms with Gasteiger partial charge in [0.2, 0.25) is 0 Å². The molecule has 0 bridgehead atoms. The molecule has 33 heavy (non-hydrogen) atoms. The van der Waals surface area contributed by atoms with Crippen LogP contribution in [0.2, 0.25) is 0 Å². The molecule has 0 unspecified atom stereocenters. The molecule has 1 heterocycles. The smallest absolute Gasteiger partial charge is 0.422 e. The van der Waals surface area contributed by atoms with E-state index >= 15 is 0 Å². The molecule has 1 aromatic carbocycles. The maximum absolute atomic E-state index is 12.3. The lowest BCUT2D eigenvalue weighted by Crippen LogP contribution is -2.49. The van der Waals surface area contributed by atoms with E-state index in [4.69, 9.17) is 14.2 Å². The zero-order chi connectivity index (χ0) is 24.8. The number of ether oxygens (including phenoxy) is 3. The number of nitrogens with zero attached hydrogens (tertiary/aromatic N) is 2. The van der Waals surface area contributed by atoms with Gasteiger partial charge in [0.05, 0.1) is 19.9 Å². The molecule has 1 aliphatic heterocycles. The summed E-state index contributed by atoms with van der Waals surface area (Å²) < 4.78 is 44.9. The van der Waals surface area contributed by atoms with Crippen molar-refractivity contribution < 1.29 is 27.4 Å². The van der Waals surface area contributed by atoms with E-state index in [2.05, 4.69) is 21.3 Å². The fourth-order valence-corrected chi connectivity index (χ4v) is 4.60. The van der Waals surface area contributed by atoms with E-state index in [9.17, 15) is 13.2 Å². The third-order valence-corrected chi connectivity index (χ3v) is 6.07. The first-order chi connectivity index (χ1) is 15.4. The first-order valence-corrected chi connectivity index (χ1v) is 12.1. The Morgan fingerprint density at radius 1 is 1.18 bits per heavy atom. The van der Waals surface area contributed by atoms with Crippen molar-refractivity contribution in [3.63, 3.8) is 0 Å². The number of likely N-dealkylation sites (tertiary alicyclic amines) is 1. The summed E-state index contributed by atoms with van der Waals surface area (Å²) in [4.78, 5) is 18.1. The van der Waals surface area contributed by atoms with Gasteiger partial charge in [0.25, 0.3) is 0 Å². The van der Waals surface area contributed by atoms with E-state index < -0.39 is 21.9 Å². The van der Waals surface area contributed by atoms with Crippen LogP contribution in [-0.2, 0) is 14.9 Å². The zero-order valence-corrected chi connectivity index (χ0v) is 20.9. The quantitative estimate of drug-likeness (QED) is 0.546. The van der Waals surface area contributed by atoms with Crippen molar-refractivity contribution >= 4 is 34.4 Å². The second-order valence-corrected chi connectivity index (χ2v) is 9.99. The van der Waals surface area contributed by atoms with Gasteiger partial charge >= 0.3 is 16.3 Å². The molecule has 11 heteroatoms. The highest BCUT2D eigenvalue weighted by molar-refractivity contribution is 7.88. The topological polar surface area (TPSA) is 119 Å². The van der Waals surface area contributed by atoms with Crippen LogP contribution in [0, 0.1) is 0 Å². The molecule has 1 aliphatic rings. The summed E-state index contributed by atoms with van der Waals surface area (Å²) in [5.74, 6) is 1.14. The van der Waals surface area contributed by atoms with Crippen LogP contribution in [0.3, 0.4) is 0 Å². The summed E-state index contributed by atoms with van der Waals surface area (Å²) in [5, 5.41) is 0. The first kappa shape index (κ1) is 26.5.